The van der Waals surface area contributed by atoms with E-state index >= 15 is 0 Å². The molecule has 0 saturated heterocycles. The Balaban J connectivity index is 1.97. The second-order valence-electron chi connectivity index (χ2n) is 6.52. The molecule has 25 heavy (non-hydrogen) atoms. The van der Waals surface area contributed by atoms with Crippen molar-refractivity contribution in [1.82, 2.24) is 10.2 Å². The lowest BCUT2D eigenvalue weighted by molar-refractivity contribution is -0.126. The number of rotatable bonds is 8. The summed E-state index contributed by atoms with van der Waals surface area (Å²) >= 11 is 0. The number of carbonyl (C=O) groups is 1. The number of benzene rings is 1. The van der Waals surface area contributed by atoms with Crippen LogP contribution in [0, 0.1) is 0 Å². The Labute approximate surface area is 149 Å². The summed E-state index contributed by atoms with van der Waals surface area (Å²) in [6.07, 6.45) is -0.257. The molecule has 1 amide bonds. The first-order valence-corrected chi connectivity index (χ1v) is 8.71. The van der Waals surface area contributed by atoms with Crippen molar-refractivity contribution >= 4 is 5.91 Å². The van der Waals surface area contributed by atoms with E-state index in [0.29, 0.717) is 0 Å². The van der Waals surface area contributed by atoms with Crippen LogP contribution in [0.3, 0.4) is 0 Å². The van der Waals surface area contributed by atoms with Gasteiger partial charge in [-0.25, -0.2) is 0 Å². The standard InChI is InChI=1S/C18H29N3O4/c1-5-21(13(4)20-18(23)17(19)12(3)22)11(2)8-14-6-7-15-16(9-14)25-10-24-15/h6-7,9,11-13,17,22H,5,8,10,19H2,1-4H3,(H,20,23). The maximum absolute atomic E-state index is 12.1. The summed E-state index contributed by atoms with van der Waals surface area (Å²) in [6.45, 7) is 8.64. The van der Waals surface area contributed by atoms with E-state index in [9.17, 15) is 9.90 Å². The Hall–Kier alpha value is -1.83. The molecule has 7 heteroatoms. The molecule has 1 aromatic carbocycles. The Kier molecular flexibility index (Phi) is 6.64. The van der Waals surface area contributed by atoms with Gasteiger partial charge in [0.1, 0.15) is 6.04 Å². The van der Waals surface area contributed by atoms with E-state index in [2.05, 4.69) is 17.1 Å². The van der Waals surface area contributed by atoms with Gasteiger partial charge in [0.05, 0.1) is 12.3 Å². The van der Waals surface area contributed by atoms with E-state index in [0.717, 1.165) is 30.0 Å². The second kappa shape index (κ2) is 8.51. The van der Waals surface area contributed by atoms with E-state index in [-0.39, 0.29) is 24.9 Å². The van der Waals surface area contributed by atoms with Gasteiger partial charge in [0.2, 0.25) is 12.7 Å². The van der Waals surface area contributed by atoms with Crippen LogP contribution in [-0.4, -0.2) is 53.6 Å². The molecule has 2 rings (SSSR count). The number of aliphatic hydroxyl groups is 1. The third-order valence-electron chi connectivity index (χ3n) is 4.57. The average Bonchev–Trinajstić information content (AvgIpc) is 3.02. The van der Waals surface area contributed by atoms with Crippen molar-refractivity contribution in [1.29, 1.82) is 0 Å². The zero-order valence-electron chi connectivity index (χ0n) is 15.4. The van der Waals surface area contributed by atoms with Gasteiger partial charge in [0.15, 0.2) is 11.5 Å². The summed E-state index contributed by atoms with van der Waals surface area (Å²) in [6, 6.07) is 5.23. The first-order chi connectivity index (χ1) is 11.8. The number of amides is 1. The van der Waals surface area contributed by atoms with E-state index in [4.69, 9.17) is 15.2 Å². The second-order valence-corrected chi connectivity index (χ2v) is 6.52. The van der Waals surface area contributed by atoms with E-state index in [1.807, 2.05) is 32.0 Å². The molecule has 4 atom stereocenters. The molecule has 4 N–H and O–H groups in total. The number of ether oxygens (including phenoxy) is 2. The van der Waals surface area contributed by atoms with Gasteiger partial charge in [0.25, 0.3) is 0 Å². The first kappa shape index (κ1) is 19.5. The van der Waals surface area contributed by atoms with E-state index < -0.39 is 12.1 Å². The molecule has 0 aromatic heterocycles. The van der Waals surface area contributed by atoms with Crippen LogP contribution in [0.15, 0.2) is 18.2 Å². The zero-order chi connectivity index (χ0) is 18.6. The van der Waals surface area contributed by atoms with Gasteiger partial charge in [-0.05, 0) is 51.4 Å². The number of aliphatic hydroxyl groups excluding tert-OH is 1. The number of nitrogens with two attached hydrogens (primary N) is 1. The van der Waals surface area contributed by atoms with Crippen LogP contribution in [0.2, 0.25) is 0 Å². The van der Waals surface area contributed by atoms with Gasteiger partial charge in [-0.3, -0.25) is 9.69 Å². The number of carbonyl (C=O) groups excluding carboxylic acids is 1. The fraction of sp³-hybridized carbons (Fsp3) is 0.611. The smallest absolute Gasteiger partial charge is 0.240 e. The normalized spacial score (nSPS) is 17.9. The number of nitrogens with zero attached hydrogens (tertiary/aromatic N) is 1. The Morgan fingerprint density at radius 1 is 1.32 bits per heavy atom. The first-order valence-electron chi connectivity index (χ1n) is 8.71. The van der Waals surface area contributed by atoms with Crippen molar-refractivity contribution in [2.45, 2.75) is 58.5 Å². The summed E-state index contributed by atoms with van der Waals surface area (Å²) in [4.78, 5) is 14.2. The Morgan fingerprint density at radius 2 is 2.00 bits per heavy atom. The van der Waals surface area contributed by atoms with Crippen LogP contribution < -0.4 is 20.5 Å². The van der Waals surface area contributed by atoms with Crippen LogP contribution in [0.1, 0.15) is 33.3 Å². The number of nitrogens with one attached hydrogen (secondary N) is 1. The van der Waals surface area contributed by atoms with Crippen molar-refractivity contribution in [2.75, 3.05) is 13.3 Å². The molecule has 140 valence electrons. The van der Waals surface area contributed by atoms with Crippen molar-refractivity contribution in [3.63, 3.8) is 0 Å². The minimum atomic E-state index is -0.926. The molecule has 0 bridgehead atoms. The summed E-state index contributed by atoms with van der Waals surface area (Å²) in [7, 11) is 0. The van der Waals surface area contributed by atoms with Gasteiger partial charge in [0, 0.05) is 6.04 Å². The van der Waals surface area contributed by atoms with Gasteiger partial charge in [-0.1, -0.05) is 13.0 Å². The van der Waals surface area contributed by atoms with E-state index in [1.54, 1.807) is 0 Å². The van der Waals surface area contributed by atoms with Crippen molar-refractivity contribution in [2.24, 2.45) is 5.73 Å². The third-order valence-corrected chi connectivity index (χ3v) is 4.57. The summed E-state index contributed by atoms with van der Waals surface area (Å²) < 4.78 is 10.8. The number of fused-ring (bicyclic) bond motifs is 1. The van der Waals surface area contributed by atoms with Crippen molar-refractivity contribution < 1.29 is 19.4 Å². The maximum atomic E-state index is 12.1. The van der Waals surface area contributed by atoms with Crippen molar-refractivity contribution in [3.8, 4) is 11.5 Å². The molecule has 0 radical (unpaired) electrons. The van der Waals surface area contributed by atoms with E-state index in [1.165, 1.54) is 6.92 Å². The fourth-order valence-corrected chi connectivity index (χ4v) is 3.10. The average molecular weight is 351 g/mol. The summed E-state index contributed by atoms with van der Waals surface area (Å²) in [5.41, 5.74) is 6.84. The molecule has 7 nitrogen and oxygen atoms in total. The van der Waals surface area contributed by atoms with Gasteiger partial charge in [-0.15, -0.1) is 0 Å². The predicted octanol–water partition coefficient (Wildman–Crippen LogP) is 0.839. The van der Waals surface area contributed by atoms with Crippen LogP contribution in [-0.2, 0) is 11.2 Å². The molecular weight excluding hydrogens is 322 g/mol. The molecule has 1 aromatic rings. The highest BCUT2D eigenvalue weighted by Crippen LogP contribution is 2.33. The monoisotopic (exact) mass is 351 g/mol. The highest BCUT2D eigenvalue weighted by molar-refractivity contribution is 5.82. The lowest BCUT2D eigenvalue weighted by Crippen LogP contribution is -2.56. The molecule has 1 heterocycles. The maximum Gasteiger partial charge on any atom is 0.240 e. The third kappa shape index (κ3) is 4.84. The molecular formula is C18H29N3O4. The molecule has 0 fully saturated rings. The van der Waals surface area contributed by atoms with Crippen LogP contribution in [0.25, 0.3) is 0 Å². The zero-order valence-corrected chi connectivity index (χ0v) is 15.4. The number of hydrogen-bond acceptors (Lipinski definition) is 6. The largest absolute Gasteiger partial charge is 0.454 e. The van der Waals surface area contributed by atoms with Crippen LogP contribution >= 0.6 is 0 Å². The lowest BCUT2D eigenvalue weighted by atomic mass is 10.0. The molecule has 1 aliphatic rings. The fourth-order valence-electron chi connectivity index (χ4n) is 3.10. The lowest BCUT2D eigenvalue weighted by Gasteiger charge is -2.34. The quantitative estimate of drug-likeness (QED) is 0.601. The number of likely N-dealkylation sites (N-methyl/N-ethyl adjacent to an activating group) is 1. The minimum Gasteiger partial charge on any atom is -0.454 e. The van der Waals surface area contributed by atoms with Crippen LogP contribution in [0.4, 0.5) is 0 Å². The summed E-state index contributed by atoms with van der Waals surface area (Å²) in [5, 5.41) is 12.3. The molecule has 0 spiro atoms. The molecule has 0 aliphatic carbocycles. The SMILES string of the molecule is CCN(C(C)Cc1ccc2c(c1)OCO2)C(C)NC(=O)C(N)C(C)O. The summed E-state index contributed by atoms with van der Waals surface area (Å²) in [5.74, 6) is 1.20. The molecule has 0 saturated carbocycles. The van der Waals surface area contributed by atoms with Crippen LogP contribution in [0.5, 0.6) is 11.5 Å². The minimum absolute atomic E-state index is 0.189. The molecule has 4 unspecified atom stereocenters. The van der Waals surface area contributed by atoms with Crippen molar-refractivity contribution in [3.05, 3.63) is 23.8 Å². The topological polar surface area (TPSA) is 97.1 Å². The van der Waals surface area contributed by atoms with Gasteiger partial charge < -0.3 is 25.6 Å². The van der Waals surface area contributed by atoms with Gasteiger partial charge in [-0.2, -0.15) is 0 Å². The Morgan fingerprint density at radius 3 is 2.64 bits per heavy atom. The number of hydrogen-bond donors (Lipinski definition) is 3. The highest BCUT2D eigenvalue weighted by Gasteiger charge is 2.25. The van der Waals surface area contributed by atoms with Gasteiger partial charge >= 0.3 is 0 Å². The Bertz CT molecular complexity index is 594. The molecule has 1 aliphatic heterocycles. The highest BCUT2D eigenvalue weighted by atomic mass is 16.7. The predicted molar refractivity (Wildman–Crippen MR) is 95.4 cm³/mol.